The normalized spacial score (nSPS) is 20.1. The molecule has 1 aliphatic rings. The van der Waals surface area contributed by atoms with Gasteiger partial charge in [-0.25, -0.2) is 8.42 Å². The van der Waals surface area contributed by atoms with Gasteiger partial charge < -0.3 is 4.90 Å². The summed E-state index contributed by atoms with van der Waals surface area (Å²) in [5.41, 5.74) is 0. The Morgan fingerprint density at radius 2 is 1.67 bits per heavy atom. The number of rotatable bonds is 4. The minimum absolute atomic E-state index is 0.282. The first-order valence-corrected chi connectivity index (χ1v) is 7.28. The fraction of sp³-hybridized carbons (Fsp3) is 1.00. The van der Waals surface area contributed by atoms with E-state index >= 15 is 0 Å². The highest BCUT2D eigenvalue weighted by Crippen LogP contribution is 2.24. The first kappa shape index (κ1) is 13.0. The minimum Gasteiger partial charge on any atom is -0.302 e. The van der Waals surface area contributed by atoms with Gasteiger partial charge in [-0.3, -0.25) is 0 Å². The standard InChI is InChI=1S/C11H23NO2S/c1-10(2)15(13,14)11(3,4)9-12-7-5-6-8-12/h10H,5-9H2,1-4H3. The SMILES string of the molecule is CC(C)S(=O)(=O)C(C)(C)CN1CCCC1. The quantitative estimate of drug-likeness (QED) is 0.741. The van der Waals surface area contributed by atoms with E-state index in [0.717, 1.165) is 13.1 Å². The van der Waals surface area contributed by atoms with Crippen LogP contribution >= 0.6 is 0 Å². The van der Waals surface area contributed by atoms with E-state index in [1.54, 1.807) is 13.8 Å². The molecule has 3 nitrogen and oxygen atoms in total. The van der Waals surface area contributed by atoms with Crippen LogP contribution in [0.3, 0.4) is 0 Å². The molecule has 1 heterocycles. The predicted octanol–water partition coefficient (Wildman–Crippen LogP) is 1.68. The van der Waals surface area contributed by atoms with Gasteiger partial charge in [0.05, 0.1) is 10.00 Å². The monoisotopic (exact) mass is 233 g/mol. The summed E-state index contributed by atoms with van der Waals surface area (Å²) in [4.78, 5) is 2.26. The van der Waals surface area contributed by atoms with Gasteiger partial charge in [0.25, 0.3) is 0 Å². The van der Waals surface area contributed by atoms with E-state index in [4.69, 9.17) is 0 Å². The maximum absolute atomic E-state index is 12.1. The summed E-state index contributed by atoms with van der Waals surface area (Å²) in [6, 6.07) is 0. The Morgan fingerprint density at radius 3 is 2.07 bits per heavy atom. The molecule has 1 saturated heterocycles. The molecule has 0 N–H and O–H groups in total. The van der Waals surface area contributed by atoms with Crippen molar-refractivity contribution in [3.63, 3.8) is 0 Å². The van der Waals surface area contributed by atoms with E-state index in [1.165, 1.54) is 12.8 Å². The molecule has 0 aromatic carbocycles. The van der Waals surface area contributed by atoms with Crippen molar-refractivity contribution in [2.75, 3.05) is 19.6 Å². The molecule has 0 spiro atoms. The van der Waals surface area contributed by atoms with E-state index in [9.17, 15) is 8.42 Å². The number of likely N-dealkylation sites (tertiary alicyclic amines) is 1. The van der Waals surface area contributed by atoms with Gasteiger partial charge in [0.2, 0.25) is 0 Å². The van der Waals surface area contributed by atoms with Gasteiger partial charge in [0, 0.05) is 6.54 Å². The largest absolute Gasteiger partial charge is 0.302 e. The van der Waals surface area contributed by atoms with E-state index in [2.05, 4.69) is 4.90 Å². The Balaban J connectivity index is 2.73. The van der Waals surface area contributed by atoms with E-state index in [1.807, 2.05) is 13.8 Å². The molecule has 0 aromatic rings. The lowest BCUT2D eigenvalue weighted by Gasteiger charge is -2.31. The third-order valence-corrected chi connectivity index (χ3v) is 6.10. The predicted molar refractivity (Wildman–Crippen MR) is 63.8 cm³/mol. The van der Waals surface area contributed by atoms with E-state index in [0.29, 0.717) is 6.54 Å². The molecular formula is C11H23NO2S. The number of hydrogen-bond donors (Lipinski definition) is 0. The van der Waals surface area contributed by atoms with Crippen molar-refractivity contribution in [1.29, 1.82) is 0 Å². The van der Waals surface area contributed by atoms with Gasteiger partial charge in [0.15, 0.2) is 9.84 Å². The topological polar surface area (TPSA) is 37.4 Å². The molecular weight excluding hydrogens is 210 g/mol. The number of sulfone groups is 1. The third kappa shape index (κ3) is 2.72. The van der Waals surface area contributed by atoms with Crippen LogP contribution in [-0.4, -0.2) is 42.9 Å². The zero-order chi connectivity index (χ0) is 11.7. The zero-order valence-corrected chi connectivity index (χ0v) is 11.1. The molecule has 1 fully saturated rings. The van der Waals surface area contributed by atoms with Crippen LogP contribution in [0.1, 0.15) is 40.5 Å². The fourth-order valence-corrected chi connectivity index (χ4v) is 3.85. The van der Waals surface area contributed by atoms with Crippen molar-refractivity contribution in [3.8, 4) is 0 Å². The highest BCUT2D eigenvalue weighted by atomic mass is 32.2. The summed E-state index contributed by atoms with van der Waals surface area (Å²) < 4.78 is 23.6. The Labute approximate surface area is 93.8 Å². The van der Waals surface area contributed by atoms with Crippen LogP contribution < -0.4 is 0 Å². The molecule has 0 aliphatic carbocycles. The Hall–Kier alpha value is -0.0900. The van der Waals surface area contributed by atoms with Gasteiger partial charge in [-0.2, -0.15) is 0 Å². The smallest absolute Gasteiger partial charge is 0.159 e. The van der Waals surface area contributed by atoms with Crippen LogP contribution in [0.2, 0.25) is 0 Å². The first-order valence-electron chi connectivity index (χ1n) is 5.73. The van der Waals surface area contributed by atoms with Gasteiger partial charge >= 0.3 is 0 Å². The lowest BCUT2D eigenvalue weighted by Crippen LogP contribution is -2.46. The zero-order valence-electron chi connectivity index (χ0n) is 10.3. The average molecular weight is 233 g/mol. The van der Waals surface area contributed by atoms with Gasteiger partial charge in [0.1, 0.15) is 0 Å². The van der Waals surface area contributed by atoms with Crippen molar-refractivity contribution in [3.05, 3.63) is 0 Å². The van der Waals surface area contributed by atoms with Crippen LogP contribution in [0.25, 0.3) is 0 Å². The van der Waals surface area contributed by atoms with Crippen molar-refractivity contribution in [2.24, 2.45) is 0 Å². The summed E-state index contributed by atoms with van der Waals surface area (Å²) in [7, 11) is -3.01. The van der Waals surface area contributed by atoms with Crippen LogP contribution in [0.5, 0.6) is 0 Å². The van der Waals surface area contributed by atoms with Crippen LogP contribution in [0.4, 0.5) is 0 Å². The molecule has 0 atom stereocenters. The van der Waals surface area contributed by atoms with E-state index < -0.39 is 14.6 Å². The Bertz CT molecular complexity index is 301. The second-order valence-corrected chi connectivity index (χ2v) is 8.47. The summed E-state index contributed by atoms with van der Waals surface area (Å²) >= 11 is 0. The molecule has 15 heavy (non-hydrogen) atoms. The van der Waals surface area contributed by atoms with Crippen LogP contribution in [0.15, 0.2) is 0 Å². The van der Waals surface area contributed by atoms with Crippen molar-refractivity contribution >= 4 is 9.84 Å². The Kier molecular flexibility index (Phi) is 3.82. The average Bonchev–Trinajstić information content (AvgIpc) is 2.55. The van der Waals surface area contributed by atoms with Gasteiger partial charge in [-0.15, -0.1) is 0 Å². The summed E-state index contributed by atoms with van der Waals surface area (Å²) in [5.74, 6) is 0. The molecule has 0 unspecified atom stereocenters. The Morgan fingerprint density at radius 1 is 1.20 bits per heavy atom. The number of hydrogen-bond acceptors (Lipinski definition) is 3. The lowest BCUT2D eigenvalue weighted by molar-refractivity contribution is 0.305. The van der Waals surface area contributed by atoms with Crippen molar-refractivity contribution < 1.29 is 8.42 Å². The molecule has 1 rings (SSSR count). The second-order valence-electron chi connectivity index (χ2n) is 5.34. The highest BCUT2D eigenvalue weighted by molar-refractivity contribution is 7.93. The van der Waals surface area contributed by atoms with Crippen molar-refractivity contribution in [2.45, 2.75) is 50.5 Å². The second kappa shape index (κ2) is 4.42. The summed E-state index contributed by atoms with van der Waals surface area (Å²) in [6.45, 7) is 10.0. The van der Waals surface area contributed by atoms with Gasteiger partial charge in [-0.05, 0) is 53.6 Å². The first-order chi connectivity index (χ1) is 6.77. The van der Waals surface area contributed by atoms with Crippen molar-refractivity contribution in [1.82, 2.24) is 4.90 Å². The molecule has 0 aromatic heterocycles. The van der Waals surface area contributed by atoms with Crippen LogP contribution in [0, 0.1) is 0 Å². The third-order valence-electron chi connectivity index (χ3n) is 3.19. The summed E-state index contributed by atoms with van der Waals surface area (Å²) in [5, 5.41) is -0.282. The summed E-state index contributed by atoms with van der Waals surface area (Å²) in [6.07, 6.45) is 2.41. The fourth-order valence-electron chi connectivity index (χ4n) is 2.21. The molecule has 4 heteroatoms. The maximum atomic E-state index is 12.1. The highest BCUT2D eigenvalue weighted by Gasteiger charge is 2.38. The van der Waals surface area contributed by atoms with Crippen LogP contribution in [-0.2, 0) is 9.84 Å². The lowest BCUT2D eigenvalue weighted by atomic mass is 10.2. The molecule has 0 amide bonds. The molecule has 0 saturated carbocycles. The molecule has 0 radical (unpaired) electrons. The molecule has 1 aliphatic heterocycles. The molecule has 0 bridgehead atoms. The molecule has 90 valence electrons. The maximum Gasteiger partial charge on any atom is 0.159 e. The van der Waals surface area contributed by atoms with E-state index in [-0.39, 0.29) is 5.25 Å². The number of nitrogens with zero attached hydrogens (tertiary/aromatic N) is 1. The minimum atomic E-state index is -3.01. The van der Waals surface area contributed by atoms with Gasteiger partial charge in [-0.1, -0.05) is 0 Å².